The number of nitrogens with one attached hydrogen (secondary N) is 1. The number of benzene rings is 1. The Hall–Kier alpha value is -3.29. The number of nitrogens with zero attached hydrogens (tertiary/aromatic N) is 6. The largest absolute Gasteiger partial charge is 0.354 e. The van der Waals surface area contributed by atoms with Gasteiger partial charge in [-0.2, -0.15) is 0 Å². The smallest absolute Gasteiger partial charge is 0.276 e. The molecule has 2 aromatic heterocycles. The van der Waals surface area contributed by atoms with Gasteiger partial charge in [-0.05, 0) is 49.9 Å². The molecule has 1 amide bonds. The summed E-state index contributed by atoms with van der Waals surface area (Å²) in [6, 6.07) is 13.0. The Bertz CT molecular complexity index is 1030. The van der Waals surface area contributed by atoms with Gasteiger partial charge >= 0.3 is 0 Å². The van der Waals surface area contributed by atoms with Gasteiger partial charge in [-0.15, -0.1) is 20.4 Å². The fraction of sp³-hybridized carbons (Fsp3) is 0.435. The van der Waals surface area contributed by atoms with Crippen molar-refractivity contribution in [3.05, 3.63) is 59.8 Å². The van der Waals surface area contributed by atoms with Crippen molar-refractivity contribution in [3.8, 4) is 0 Å². The summed E-state index contributed by atoms with van der Waals surface area (Å²) in [6.07, 6.45) is 6.88. The Labute approximate surface area is 181 Å². The average Bonchev–Trinajstić information content (AvgIpc) is 3.08. The van der Waals surface area contributed by atoms with Crippen LogP contribution >= 0.6 is 0 Å². The minimum Gasteiger partial charge on any atom is -0.354 e. The van der Waals surface area contributed by atoms with E-state index in [2.05, 4.69) is 35.2 Å². The number of aryl methyl sites for hydroxylation is 1. The molecule has 8 nitrogen and oxygen atoms in total. The second kappa shape index (κ2) is 8.83. The van der Waals surface area contributed by atoms with Crippen LogP contribution in [0.2, 0.25) is 0 Å². The summed E-state index contributed by atoms with van der Waals surface area (Å²) in [5.41, 5.74) is 1.05. The molecule has 1 fully saturated rings. The highest BCUT2D eigenvalue weighted by molar-refractivity contribution is 6.02. The number of carbonyl (C=O) groups is 1. The maximum absolute atomic E-state index is 12.4. The zero-order chi connectivity index (χ0) is 21.0. The second-order valence-corrected chi connectivity index (χ2v) is 8.32. The van der Waals surface area contributed by atoms with Crippen LogP contribution in [0.1, 0.15) is 60.2 Å². The molecule has 31 heavy (non-hydrogen) atoms. The zero-order valence-corrected chi connectivity index (χ0v) is 17.6. The van der Waals surface area contributed by atoms with Crippen LogP contribution < -0.4 is 10.2 Å². The lowest BCUT2D eigenvalue weighted by atomic mass is 9.97. The van der Waals surface area contributed by atoms with E-state index in [1.54, 1.807) is 6.07 Å². The van der Waals surface area contributed by atoms with Crippen molar-refractivity contribution in [2.75, 3.05) is 23.3 Å². The van der Waals surface area contributed by atoms with Crippen molar-refractivity contribution in [1.29, 1.82) is 0 Å². The molecule has 3 aromatic rings. The van der Waals surface area contributed by atoms with Gasteiger partial charge in [0.05, 0.1) is 0 Å². The predicted octanol–water partition coefficient (Wildman–Crippen LogP) is 3.43. The Balaban J connectivity index is 1.27. The van der Waals surface area contributed by atoms with Gasteiger partial charge in [-0.3, -0.25) is 4.79 Å². The van der Waals surface area contributed by atoms with E-state index in [0.717, 1.165) is 62.1 Å². The summed E-state index contributed by atoms with van der Waals surface area (Å²) in [6.45, 7) is 2.81. The summed E-state index contributed by atoms with van der Waals surface area (Å²) in [5, 5.41) is 20.4. The fourth-order valence-electron chi connectivity index (χ4n) is 4.54. The van der Waals surface area contributed by atoms with E-state index in [-0.39, 0.29) is 5.91 Å². The van der Waals surface area contributed by atoms with Crippen molar-refractivity contribution in [1.82, 2.24) is 25.0 Å². The van der Waals surface area contributed by atoms with Gasteiger partial charge in [0.15, 0.2) is 11.5 Å². The highest BCUT2D eigenvalue weighted by atomic mass is 16.1. The van der Waals surface area contributed by atoms with Crippen LogP contribution in [0.25, 0.3) is 0 Å². The van der Waals surface area contributed by atoms with Crippen LogP contribution in [0, 0.1) is 0 Å². The number of piperidine rings is 1. The van der Waals surface area contributed by atoms with Gasteiger partial charge in [-0.25, -0.2) is 0 Å². The van der Waals surface area contributed by atoms with Crippen LogP contribution in [0.5, 0.6) is 0 Å². The first-order chi connectivity index (χ1) is 15.3. The van der Waals surface area contributed by atoms with Crippen LogP contribution in [0.15, 0.2) is 42.5 Å². The summed E-state index contributed by atoms with van der Waals surface area (Å²) in [4.78, 5) is 14.7. The number of aromatic nitrogens is 5. The van der Waals surface area contributed by atoms with Gasteiger partial charge in [0, 0.05) is 37.7 Å². The second-order valence-electron chi connectivity index (χ2n) is 8.32. The van der Waals surface area contributed by atoms with Crippen LogP contribution in [0.3, 0.4) is 0 Å². The van der Waals surface area contributed by atoms with Crippen molar-refractivity contribution >= 4 is 17.4 Å². The topological polar surface area (TPSA) is 88.8 Å². The molecule has 1 saturated heterocycles. The lowest BCUT2D eigenvalue weighted by Gasteiger charge is -2.33. The van der Waals surface area contributed by atoms with Crippen LogP contribution in [-0.4, -0.2) is 44.0 Å². The van der Waals surface area contributed by atoms with Gasteiger partial charge in [-0.1, -0.05) is 24.6 Å². The number of fused-ring (bicyclic) bond motifs is 1. The summed E-state index contributed by atoms with van der Waals surface area (Å²) >= 11 is 0. The molecule has 1 atom stereocenters. The van der Waals surface area contributed by atoms with Gasteiger partial charge in [0.25, 0.3) is 5.91 Å². The molecule has 0 bridgehead atoms. The molecule has 5 rings (SSSR count). The Morgan fingerprint density at radius 3 is 2.65 bits per heavy atom. The van der Waals surface area contributed by atoms with Gasteiger partial charge in [0.1, 0.15) is 11.6 Å². The standard InChI is InChI=1S/C23H27N7O/c31-23(24-18-9-3-1-4-10-18)19-12-13-20(26-25-19)29-14-7-8-17(16-29)22-28-27-21-11-5-2-6-15-30(21)22/h1,3-4,9-10,12-13,17H,2,5-8,11,14-16H2,(H,24,31). The monoisotopic (exact) mass is 417 g/mol. The summed E-state index contributed by atoms with van der Waals surface area (Å²) in [5.74, 6) is 3.15. The molecule has 4 heterocycles. The normalized spacial score (nSPS) is 18.8. The highest BCUT2D eigenvalue weighted by Crippen LogP contribution is 2.29. The summed E-state index contributed by atoms with van der Waals surface area (Å²) < 4.78 is 2.35. The van der Waals surface area contributed by atoms with Crippen LogP contribution in [0.4, 0.5) is 11.5 Å². The van der Waals surface area contributed by atoms with E-state index >= 15 is 0 Å². The molecule has 2 aliphatic rings. The molecule has 2 aliphatic heterocycles. The molecule has 160 valence electrons. The Morgan fingerprint density at radius 2 is 1.81 bits per heavy atom. The molecule has 0 spiro atoms. The van der Waals surface area contributed by atoms with Crippen molar-refractivity contribution in [2.24, 2.45) is 0 Å². The quantitative estimate of drug-likeness (QED) is 0.700. The molecule has 0 aliphatic carbocycles. The third-order valence-electron chi connectivity index (χ3n) is 6.16. The zero-order valence-electron chi connectivity index (χ0n) is 17.6. The molecular weight excluding hydrogens is 390 g/mol. The number of anilines is 2. The lowest BCUT2D eigenvalue weighted by molar-refractivity contribution is 0.102. The molecule has 0 radical (unpaired) electrons. The SMILES string of the molecule is O=C(Nc1ccccc1)c1ccc(N2CCCC(c3nnc4n3CCCCC4)C2)nn1. The first kappa shape index (κ1) is 19.7. The molecule has 1 aromatic carbocycles. The first-order valence-corrected chi connectivity index (χ1v) is 11.1. The number of rotatable bonds is 4. The van der Waals surface area contributed by atoms with E-state index in [1.807, 2.05) is 36.4 Å². The highest BCUT2D eigenvalue weighted by Gasteiger charge is 2.28. The maximum atomic E-state index is 12.4. The van der Waals surface area contributed by atoms with E-state index in [9.17, 15) is 4.79 Å². The Kier molecular flexibility index (Phi) is 5.60. The first-order valence-electron chi connectivity index (χ1n) is 11.1. The number of hydrogen-bond donors (Lipinski definition) is 1. The minimum absolute atomic E-state index is 0.257. The molecule has 0 saturated carbocycles. The van der Waals surface area contributed by atoms with Crippen molar-refractivity contribution in [3.63, 3.8) is 0 Å². The number of amides is 1. The van der Waals surface area contributed by atoms with E-state index in [4.69, 9.17) is 0 Å². The lowest BCUT2D eigenvalue weighted by Crippen LogP contribution is -2.36. The van der Waals surface area contributed by atoms with Crippen molar-refractivity contribution < 1.29 is 4.79 Å². The maximum Gasteiger partial charge on any atom is 0.276 e. The molecule has 8 heteroatoms. The van der Waals surface area contributed by atoms with E-state index in [1.165, 1.54) is 19.3 Å². The van der Waals surface area contributed by atoms with Crippen molar-refractivity contribution in [2.45, 2.75) is 51.0 Å². The summed E-state index contributed by atoms with van der Waals surface area (Å²) in [7, 11) is 0. The van der Waals surface area contributed by atoms with Crippen LogP contribution in [-0.2, 0) is 13.0 Å². The minimum atomic E-state index is -0.257. The third kappa shape index (κ3) is 4.28. The number of hydrogen-bond acceptors (Lipinski definition) is 6. The number of para-hydroxylation sites is 1. The van der Waals surface area contributed by atoms with E-state index < -0.39 is 0 Å². The fourth-order valence-corrected chi connectivity index (χ4v) is 4.54. The Morgan fingerprint density at radius 1 is 0.903 bits per heavy atom. The third-order valence-corrected chi connectivity index (χ3v) is 6.16. The predicted molar refractivity (Wildman–Crippen MR) is 118 cm³/mol. The number of carbonyl (C=O) groups excluding carboxylic acids is 1. The molecular formula is C23H27N7O. The van der Waals surface area contributed by atoms with E-state index in [0.29, 0.717) is 11.6 Å². The van der Waals surface area contributed by atoms with Gasteiger partial charge in [0.2, 0.25) is 0 Å². The molecule has 1 N–H and O–H groups in total. The van der Waals surface area contributed by atoms with Gasteiger partial charge < -0.3 is 14.8 Å². The molecule has 1 unspecified atom stereocenters. The average molecular weight is 418 g/mol.